The van der Waals surface area contributed by atoms with Crippen LogP contribution in [0.2, 0.25) is 0 Å². The van der Waals surface area contributed by atoms with Crippen LogP contribution in [0.3, 0.4) is 0 Å². The molecule has 30 heavy (non-hydrogen) atoms. The maximum absolute atomic E-state index is 12.5. The Kier molecular flexibility index (Phi) is 7.94. The number of rotatable bonds is 8. The third-order valence-electron chi connectivity index (χ3n) is 5.24. The lowest BCUT2D eigenvalue weighted by Gasteiger charge is -2.12. The number of aryl methyl sites for hydroxylation is 1. The number of thiophene rings is 1. The number of amides is 1. The molecule has 1 aliphatic rings. The maximum atomic E-state index is 12.5. The first-order valence-electron chi connectivity index (χ1n) is 10.4. The second-order valence-electron chi connectivity index (χ2n) is 7.75. The summed E-state index contributed by atoms with van der Waals surface area (Å²) >= 11 is 5.06. The summed E-state index contributed by atoms with van der Waals surface area (Å²) in [4.78, 5) is 25.9. The van der Waals surface area contributed by atoms with Gasteiger partial charge in [0.1, 0.15) is 10.8 Å². The number of nitrogens with one attached hydrogen (secondary N) is 1. The quantitative estimate of drug-likeness (QED) is 0.356. The van der Waals surface area contributed by atoms with Crippen LogP contribution < -0.4 is 10.1 Å². The van der Waals surface area contributed by atoms with E-state index in [1.807, 2.05) is 6.07 Å². The summed E-state index contributed by atoms with van der Waals surface area (Å²) in [6.07, 6.45) is 4.91. The molecular weight excluding hydrogens is 466 g/mol. The van der Waals surface area contributed by atoms with Gasteiger partial charge in [-0.05, 0) is 77.2 Å². The smallest absolute Gasteiger partial charge is 0.341 e. The summed E-state index contributed by atoms with van der Waals surface area (Å²) in [6.45, 7) is 4.74. The molecule has 0 unspecified atom stereocenters. The third-order valence-corrected chi connectivity index (χ3v) is 7.07. The number of methoxy groups -OCH3 is 1. The molecule has 0 radical (unpaired) electrons. The fraction of sp³-hybridized carbons (Fsp3) is 0.478. The zero-order valence-corrected chi connectivity index (χ0v) is 20.1. The summed E-state index contributed by atoms with van der Waals surface area (Å²) < 4.78 is 11.7. The SMILES string of the molecule is COC(=O)c1c(NC(=O)CCCOc2ccc(C(C)C)cc2Br)sc2c1CCCC2. The molecule has 1 amide bonds. The van der Waals surface area contributed by atoms with E-state index in [2.05, 4.69) is 47.2 Å². The van der Waals surface area contributed by atoms with Gasteiger partial charge in [0.2, 0.25) is 5.91 Å². The van der Waals surface area contributed by atoms with Gasteiger partial charge in [0.05, 0.1) is 23.8 Å². The molecule has 1 heterocycles. The average Bonchev–Trinajstić information content (AvgIpc) is 3.09. The highest BCUT2D eigenvalue weighted by molar-refractivity contribution is 9.10. The van der Waals surface area contributed by atoms with Crippen molar-refractivity contribution in [2.75, 3.05) is 19.0 Å². The standard InChI is InChI=1S/C23H28BrNO4S/c1-14(2)15-10-11-18(17(24)13-15)29-12-6-9-20(26)25-22-21(23(27)28-3)16-7-4-5-8-19(16)30-22/h10-11,13-14H,4-9,12H2,1-3H3,(H,25,26). The average molecular weight is 494 g/mol. The molecule has 1 aromatic carbocycles. The van der Waals surface area contributed by atoms with E-state index in [0.717, 1.165) is 41.5 Å². The highest BCUT2D eigenvalue weighted by Gasteiger charge is 2.26. The first-order chi connectivity index (χ1) is 14.4. The molecule has 7 heteroatoms. The van der Waals surface area contributed by atoms with Crippen molar-refractivity contribution >= 4 is 44.1 Å². The fourth-order valence-corrected chi connectivity index (χ4v) is 5.37. The lowest BCUT2D eigenvalue weighted by molar-refractivity contribution is -0.116. The Morgan fingerprint density at radius 2 is 2.00 bits per heavy atom. The van der Waals surface area contributed by atoms with Gasteiger partial charge in [-0.15, -0.1) is 11.3 Å². The minimum atomic E-state index is -0.372. The Balaban J connectivity index is 1.54. The molecule has 2 aromatic rings. The molecule has 0 saturated carbocycles. The van der Waals surface area contributed by atoms with Crippen LogP contribution in [-0.2, 0) is 22.4 Å². The van der Waals surface area contributed by atoms with Crippen molar-refractivity contribution in [2.45, 2.75) is 58.3 Å². The van der Waals surface area contributed by atoms with Gasteiger partial charge in [-0.2, -0.15) is 0 Å². The lowest BCUT2D eigenvalue weighted by atomic mass is 9.95. The summed E-state index contributed by atoms with van der Waals surface area (Å²) in [5.74, 6) is 0.745. The van der Waals surface area contributed by atoms with E-state index in [1.165, 1.54) is 28.9 Å². The predicted molar refractivity (Wildman–Crippen MR) is 124 cm³/mol. The van der Waals surface area contributed by atoms with E-state index < -0.39 is 0 Å². The highest BCUT2D eigenvalue weighted by atomic mass is 79.9. The molecule has 3 rings (SSSR count). The number of hydrogen-bond donors (Lipinski definition) is 1. The Morgan fingerprint density at radius 1 is 1.23 bits per heavy atom. The zero-order chi connectivity index (χ0) is 21.7. The molecule has 5 nitrogen and oxygen atoms in total. The van der Waals surface area contributed by atoms with E-state index in [-0.39, 0.29) is 11.9 Å². The highest BCUT2D eigenvalue weighted by Crippen LogP contribution is 2.38. The van der Waals surface area contributed by atoms with Gasteiger partial charge in [0, 0.05) is 11.3 Å². The first kappa shape index (κ1) is 22.8. The van der Waals surface area contributed by atoms with Crippen LogP contribution >= 0.6 is 27.3 Å². The van der Waals surface area contributed by atoms with Crippen LogP contribution in [0.5, 0.6) is 5.75 Å². The van der Waals surface area contributed by atoms with Gasteiger partial charge in [-0.1, -0.05) is 19.9 Å². The lowest BCUT2D eigenvalue weighted by Crippen LogP contribution is -2.15. The first-order valence-corrected chi connectivity index (χ1v) is 12.0. The van der Waals surface area contributed by atoms with Crippen molar-refractivity contribution in [1.29, 1.82) is 0 Å². The van der Waals surface area contributed by atoms with Crippen molar-refractivity contribution in [2.24, 2.45) is 0 Å². The van der Waals surface area contributed by atoms with Gasteiger partial charge >= 0.3 is 5.97 Å². The largest absolute Gasteiger partial charge is 0.492 e. The van der Waals surface area contributed by atoms with Crippen molar-refractivity contribution in [3.05, 3.63) is 44.2 Å². The number of ether oxygens (including phenoxy) is 2. The number of benzene rings is 1. The Morgan fingerprint density at radius 3 is 2.70 bits per heavy atom. The molecule has 0 spiro atoms. The van der Waals surface area contributed by atoms with Crippen LogP contribution in [0.1, 0.15) is 71.8 Å². The summed E-state index contributed by atoms with van der Waals surface area (Å²) in [5, 5.41) is 3.54. The number of carbonyl (C=O) groups excluding carboxylic acids is 2. The minimum absolute atomic E-state index is 0.114. The topological polar surface area (TPSA) is 64.6 Å². The van der Waals surface area contributed by atoms with Crippen molar-refractivity contribution in [3.63, 3.8) is 0 Å². The predicted octanol–water partition coefficient (Wildman–Crippen LogP) is 6.10. The van der Waals surface area contributed by atoms with Gasteiger partial charge in [0.15, 0.2) is 0 Å². The molecule has 0 saturated heterocycles. The molecule has 1 N–H and O–H groups in total. The minimum Gasteiger partial charge on any atom is -0.492 e. The van der Waals surface area contributed by atoms with E-state index in [9.17, 15) is 9.59 Å². The van der Waals surface area contributed by atoms with E-state index in [1.54, 1.807) is 0 Å². The summed E-state index contributed by atoms with van der Waals surface area (Å²) in [5.41, 5.74) is 2.83. The van der Waals surface area contributed by atoms with E-state index in [4.69, 9.17) is 9.47 Å². The summed E-state index contributed by atoms with van der Waals surface area (Å²) in [7, 11) is 1.38. The number of fused-ring (bicyclic) bond motifs is 1. The van der Waals surface area contributed by atoms with Gasteiger partial charge in [0.25, 0.3) is 0 Å². The summed E-state index contributed by atoms with van der Waals surface area (Å²) in [6, 6.07) is 6.09. The molecule has 162 valence electrons. The molecule has 0 fully saturated rings. The van der Waals surface area contributed by atoms with Crippen LogP contribution in [0.15, 0.2) is 22.7 Å². The van der Waals surface area contributed by atoms with E-state index >= 15 is 0 Å². The van der Waals surface area contributed by atoms with Crippen molar-refractivity contribution < 1.29 is 19.1 Å². The second kappa shape index (κ2) is 10.4. The van der Waals surface area contributed by atoms with Gasteiger partial charge in [-0.25, -0.2) is 4.79 Å². The zero-order valence-electron chi connectivity index (χ0n) is 17.7. The molecule has 1 aliphatic carbocycles. The van der Waals surface area contributed by atoms with Crippen LogP contribution in [0.4, 0.5) is 5.00 Å². The molecule has 0 aliphatic heterocycles. The number of hydrogen-bond acceptors (Lipinski definition) is 5. The Bertz CT molecular complexity index is 922. The Hall–Kier alpha value is -1.86. The van der Waals surface area contributed by atoms with Crippen molar-refractivity contribution in [3.8, 4) is 5.75 Å². The molecule has 0 bridgehead atoms. The van der Waals surface area contributed by atoms with E-state index in [0.29, 0.717) is 35.9 Å². The number of carbonyl (C=O) groups is 2. The van der Waals surface area contributed by atoms with Crippen LogP contribution in [0.25, 0.3) is 0 Å². The second-order valence-corrected chi connectivity index (χ2v) is 9.71. The molecule has 0 atom stereocenters. The van der Waals surface area contributed by atoms with Gasteiger partial charge in [-0.3, -0.25) is 4.79 Å². The Labute approximate surface area is 190 Å². The number of esters is 1. The van der Waals surface area contributed by atoms with Gasteiger partial charge < -0.3 is 14.8 Å². The number of anilines is 1. The van der Waals surface area contributed by atoms with Crippen LogP contribution in [0, 0.1) is 0 Å². The fourth-order valence-electron chi connectivity index (χ4n) is 3.57. The molecular formula is C23H28BrNO4S. The molecule has 1 aromatic heterocycles. The van der Waals surface area contributed by atoms with Crippen molar-refractivity contribution in [1.82, 2.24) is 0 Å². The van der Waals surface area contributed by atoms with Crippen LogP contribution in [-0.4, -0.2) is 25.6 Å². The third kappa shape index (κ3) is 5.43. The maximum Gasteiger partial charge on any atom is 0.341 e. The normalized spacial score (nSPS) is 13.1. The number of halogens is 1. The monoisotopic (exact) mass is 493 g/mol.